The maximum absolute atomic E-state index is 12.6. The molecule has 1 amide bonds. The lowest BCUT2D eigenvalue weighted by atomic mass is 9.84. The van der Waals surface area contributed by atoms with Gasteiger partial charge in [0.25, 0.3) is 5.91 Å². The van der Waals surface area contributed by atoms with Crippen molar-refractivity contribution in [1.29, 1.82) is 0 Å². The third-order valence-corrected chi connectivity index (χ3v) is 8.17. The summed E-state index contributed by atoms with van der Waals surface area (Å²) in [7, 11) is -2.01. The number of carbonyl (C=O) groups excluding carboxylic acids is 1. The Hall–Kier alpha value is -2.00. The number of nitrogens with one attached hydrogen (secondary N) is 2. The zero-order valence-electron chi connectivity index (χ0n) is 20.2. The molecule has 7 nitrogen and oxygen atoms in total. The third kappa shape index (κ3) is 7.77. The van der Waals surface area contributed by atoms with Gasteiger partial charge in [0.05, 0.1) is 4.90 Å². The van der Waals surface area contributed by atoms with E-state index >= 15 is 0 Å². The average Bonchev–Trinajstić information content (AvgIpc) is 2.84. The van der Waals surface area contributed by atoms with Crippen molar-refractivity contribution in [3.05, 3.63) is 42.5 Å². The lowest BCUT2D eigenvalue weighted by molar-refractivity contribution is -0.132. The van der Waals surface area contributed by atoms with Crippen LogP contribution in [-0.2, 0) is 19.6 Å². The number of hydrogen-bond donors (Lipinski definition) is 3. The van der Waals surface area contributed by atoms with Crippen molar-refractivity contribution in [1.82, 2.24) is 10.0 Å². The summed E-state index contributed by atoms with van der Waals surface area (Å²) in [6.07, 6.45) is 8.62. The molecule has 34 heavy (non-hydrogen) atoms. The topological polar surface area (TPSA) is 111 Å². The standard InChI is InChI=1S/C26H39N3O4S/c1-33-25(24(27)18-20-10-4-2-5-11-20)26(30)28-16-8-3-9-17-29-34(31,32)23-15-14-21-12-6-7-13-22(21)19-23/h6-7,12-15,19-20,24-25,29H,2-5,8-11,16-18,27H2,1H3,(H,28,30). The number of carbonyl (C=O) groups is 1. The van der Waals surface area contributed by atoms with Crippen LogP contribution in [0.2, 0.25) is 0 Å². The lowest BCUT2D eigenvalue weighted by Crippen LogP contribution is -2.48. The number of fused-ring (bicyclic) bond motifs is 1. The zero-order valence-corrected chi connectivity index (χ0v) is 21.0. The van der Waals surface area contributed by atoms with E-state index in [0.29, 0.717) is 25.4 Å². The number of nitrogens with two attached hydrogens (primary N) is 1. The summed E-state index contributed by atoms with van der Waals surface area (Å²) >= 11 is 0. The van der Waals surface area contributed by atoms with Gasteiger partial charge in [-0.05, 0) is 48.1 Å². The highest BCUT2D eigenvalue weighted by Crippen LogP contribution is 2.27. The van der Waals surface area contributed by atoms with Crippen LogP contribution in [0.3, 0.4) is 0 Å². The van der Waals surface area contributed by atoms with E-state index in [9.17, 15) is 13.2 Å². The molecule has 4 N–H and O–H groups in total. The Balaban J connectivity index is 1.33. The molecule has 0 saturated heterocycles. The minimum Gasteiger partial charge on any atom is -0.370 e. The van der Waals surface area contributed by atoms with Crippen molar-refractivity contribution in [2.75, 3.05) is 20.2 Å². The Kier molecular flexibility index (Phi) is 10.3. The van der Waals surface area contributed by atoms with E-state index in [0.717, 1.165) is 30.0 Å². The SMILES string of the molecule is COC(C(=O)NCCCCCNS(=O)(=O)c1ccc2ccccc2c1)C(N)CC1CCCCC1. The Morgan fingerprint density at radius 1 is 1.03 bits per heavy atom. The first-order valence-electron chi connectivity index (χ1n) is 12.5. The molecule has 8 heteroatoms. The fourth-order valence-electron chi connectivity index (χ4n) is 4.77. The van der Waals surface area contributed by atoms with Crippen LogP contribution in [0.15, 0.2) is 47.4 Å². The number of rotatable bonds is 13. The predicted octanol–water partition coefficient (Wildman–Crippen LogP) is 3.72. The summed E-state index contributed by atoms with van der Waals surface area (Å²) in [4.78, 5) is 12.8. The summed E-state index contributed by atoms with van der Waals surface area (Å²) in [5, 5.41) is 4.82. The van der Waals surface area contributed by atoms with Crippen LogP contribution < -0.4 is 15.8 Å². The molecule has 188 valence electrons. The molecule has 0 bridgehead atoms. The molecule has 1 saturated carbocycles. The molecule has 0 spiro atoms. The highest BCUT2D eigenvalue weighted by molar-refractivity contribution is 7.89. The summed E-state index contributed by atoms with van der Waals surface area (Å²) in [6, 6.07) is 12.5. The molecule has 0 radical (unpaired) electrons. The fraction of sp³-hybridized carbons (Fsp3) is 0.577. The predicted molar refractivity (Wildman–Crippen MR) is 136 cm³/mol. The van der Waals surface area contributed by atoms with Crippen molar-refractivity contribution in [2.45, 2.75) is 74.8 Å². The normalized spacial score (nSPS) is 16.9. The number of benzene rings is 2. The lowest BCUT2D eigenvalue weighted by Gasteiger charge is -2.28. The number of methoxy groups -OCH3 is 1. The van der Waals surface area contributed by atoms with E-state index in [1.54, 1.807) is 12.1 Å². The number of sulfonamides is 1. The van der Waals surface area contributed by atoms with E-state index in [4.69, 9.17) is 10.5 Å². The van der Waals surface area contributed by atoms with E-state index < -0.39 is 16.1 Å². The first-order chi connectivity index (χ1) is 16.4. The smallest absolute Gasteiger partial charge is 0.250 e. The Labute approximate surface area is 203 Å². The maximum atomic E-state index is 12.6. The van der Waals surface area contributed by atoms with Gasteiger partial charge in [0, 0.05) is 26.2 Å². The molecule has 0 heterocycles. The highest BCUT2D eigenvalue weighted by atomic mass is 32.2. The summed E-state index contributed by atoms with van der Waals surface area (Å²) < 4.78 is 33.2. The van der Waals surface area contributed by atoms with Gasteiger partial charge >= 0.3 is 0 Å². The highest BCUT2D eigenvalue weighted by Gasteiger charge is 2.28. The molecule has 1 aliphatic rings. The molecule has 0 aromatic heterocycles. The van der Waals surface area contributed by atoms with Crippen LogP contribution >= 0.6 is 0 Å². The number of unbranched alkanes of at least 4 members (excludes halogenated alkanes) is 2. The van der Waals surface area contributed by atoms with E-state index in [2.05, 4.69) is 10.0 Å². The third-order valence-electron chi connectivity index (χ3n) is 6.71. The summed E-state index contributed by atoms with van der Waals surface area (Å²) in [5.74, 6) is 0.426. The van der Waals surface area contributed by atoms with Crippen LogP contribution in [0.1, 0.15) is 57.8 Å². The number of ether oxygens (including phenoxy) is 1. The van der Waals surface area contributed by atoms with Gasteiger partial charge in [0.1, 0.15) is 0 Å². The van der Waals surface area contributed by atoms with Gasteiger partial charge in [-0.25, -0.2) is 13.1 Å². The van der Waals surface area contributed by atoms with Gasteiger partial charge in [-0.3, -0.25) is 4.79 Å². The molecule has 3 rings (SSSR count). The largest absolute Gasteiger partial charge is 0.370 e. The van der Waals surface area contributed by atoms with E-state index in [1.165, 1.54) is 39.2 Å². The minimum absolute atomic E-state index is 0.164. The van der Waals surface area contributed by atoms with Crippen molar-refractivity contribution >= 4 is 26.7 Å². The second-order valence-electron chi connectivity index (χ2n) is 9.32. The molecule has 0 aliphatic heterocycles. The van der Waals surface area contributed by atoms with Crippen LogP contribution in [0.5, 0.6) is 0 Å². The average molecular weight is 490 g/mol. The molecule has 1 aliphatic carbocycles. The van der Waals surface area contributed by atoms with Crippen molar-refractivity contribution in [3.8, 4) is 0 Å². The first-order valence-corrected chi connectivity index (χ1v) is 13.9. The molecular weight excluding hydrogens is 450 g/mol. The molecule has 2 aromatic carbocycles. The molecule has 2 aromatic rings. The van der Waals surface area contributed by atoms with Gasteiger partial charge in [0.15, 0.2) is 6.10 Å². The summed E-state index contributed by atoms with van der Waals surface area (Å²) in [6.45, 7) is 0.877. The van der Waals surface area contributed by atoms with E-state index in [-0.39, 0.29) is 16.8 Å². The molecule has 1 fully saturated rings. The van der Waals surface area contributed by atoms with Gasteiger partial charge < -0.3 is 15.8 Å². The number of hydrogen-bond acceptors (Lipinski definition) is 5. The quantitative estimate of drug-likeness (QED) is 0.372. The monoisotopic (exact) mass is 489 g/mol. The fourth-order valence-corrected chi connectivity index (χ4v) is 5.88. The van der Waals surface area contributed by atoms with Crippen LogP contribution in [-0.4, -0.2) is 46.7 Å². The second-order valence-corrected chi connectivity index (χ2v) is 11.1. The number of amides is 1. The van der Waals surface area contributed by atoms with Crippen molar-refractivity contribution in [3.63, 3.8) is 0 Å². The van der Waals surface area contributed by atoms with Crippen LogP contribution in [0.25, 0.3) is 10.8 Å². The van der Waals surface area contributed by atoms with Crippen molar-refractivity contribution < 1.29 is 17.9 Å². The second kappa shape index (κ2) is 13.2. The van der Waals surface area contributed by atoms with Crippen LogP contribution in [0, 0.1) is 5.92 Å². The Morgan fingerprint density at radius 3 is 2.47 bits per heavy atom. The summed E-state index contributed by atoms with van der Waals surface area (Å²) in [5.41, 5.74) is 6.30. The van der Waals surface area contributed by atoms with Gasteiger partial charge in [-0.2, -0.15) is 0 Å². The van der Waals surface area contributed by atoms with Crippen molar-refractivity contribution in [2.24, 2.45) is 11.7 Å². The molecule has 2 atom stereocenters. The van der Waals surface area contributed by atoms with E-state index in [1.807, 2.05) is 30.3 Å². The Bertz CT molecular complexity index is 1020. The van der Waals surface area contributed by atoms with Crippen LogP contribution in [0.4, 0.5) is 0 Å². The molecule has 2 unspecified atom stereocenters. The van der Waals surface area contributed by atoms with Gasteiger partial charge in [-0.1, -0.05) is 68.9 Å². The zero-order chi connectivity index (χ0) is 24.4. The Morgan fingerprint density at radius 2 is 1.74 bits per heavy atom. The van der Waals surface area contributed by atoms with Gasteiger partial charge in [0.2, 0.25) is 10.0 Å². The van der Waals surface area contributed by atoms with Gasteiger partial charge in [-0.15, -0.1) is 0 Å². The molecular formula is C26H39N3O4S. The maximum Gasteiger partial charge on any atom is 0.250 e. The first kappa shape index (κ1) is 26.6. The minimum atomic E-state index is -3.54.